The summed E-state index contributed by atoms with van der Waals surface area (Å²) in [5, 5.41) is 6.70. The van der Waals surface area contributed by atoms with Crippen LogP contribution in [0.4, 0.5) is 15.8 Å². The number of amides is 2. The predicted octanol–water partition coefficient (Wildman–Crippen LogP) is 5.54. The molecule has 7 nitrogen and oxygen atoms in total. The first-order valence-electron chi connectivity index (χ1n) is 12.3. The average molecular weight is 520 g/mol. The van der Waals surface area contributed by atoms with Crippen LogP contribution in [0.15, 0.2) is 61.1 Å². The molecule has 2 aliphatic heterocycles. The molecular weight excluding hydrogens is 493 g/mol. The summed E-state index contributed by atoms with van der Waals surface area (Å²) in [4.78, 5) is 35.5. The number of aromatic nitrogens is 2. The highest BCUT2D eigenvalue weighted by Crippen LogP contribution is 2.38. The Morgan fingerprint density at radius 1 is 1.11 bits per heavy atom. The van der Waals surface area contributed by atoms with E-state index in [1.807, 2.05) is 4.90 Å². The van der Waals surface area contributed by atoms with E-state index in [1.54, 1.807) is 55.0 Å². The maximum absolute atomic E-state index is 13.3. The topological polar surface area (TPSA) is 87.2 Å². The molecule has 0 spiro atoms. The van der Waals surface area contributed by atoms with Gasteiger partial charge in [-0.25, -0.2) is 4.39 Å². The molecule has 3 aromatic rings. The highest BCUT2D eigenvalue weighted by molar-refractivity contribution is 6.33. The van der Waals surface area contributed by atoms with Gasteiger partial charge < -0.3 is 15.5 Å². The zero-order valence-electron chi connectivity index (χ0n) is 20.3. The van der Waals surface area contributed by atoms with Gasteiger partial charge in [-0.15, -0.1) is 0 Å². The van der Waals surface area contributed by atoms with Crippen LogP contribution in [0.25, 0.3) is 17.3 Å². The van der Waals surface area contributed by atoms with Crippen molar-refractivity contribution in [3.8, 4) is 11.3 Å². The number of rotatable bonds is 6. The zero-order chi connectivity index (χ0) is 25.9. The molecule has 9 heteroatoms. The Hall–Kier alpha value is -3.78. The maximum atomic E-state index is 13.3. The van der Waals surface area contributed by atoms with Crippen LogP contribution >= 0.6 is 11.6 Å². The van der Waals surface area contributed by atoms with Gasteiger partial charge in [0, 0.05) is 60.5 Å². The molecule has 2 aromatic carbocycles. The lowest BCUT2D eigenvalue weighted by atomic mass is 9.96. The number of hydrogen-bond acceptors (Lipinski definition) is 5. The van der Waals surface area contributed by atoms with Crippen molar-refractivity contribution in [2.75, 3.05) is 10.6 Å². The van der Waals surface area contributed by atoms with Gasteiger partial charge in [-0.1, -0.05) is 11.6 Å². The fourth-order valence-corrected chi connectivity index (χ4v) is 5.60. The molecule has 0 radical (unpaired) electrons. The molecule has 2 atom stereocenters. The number of fused-ring (bicyclic) bond motifs is 2. The molecule has 1 aromatic heterocycles. The smallest absolute Gasteiger partial charge is 0.247 e. The normalized spacial score (nSPS) is 20.7. The monoisotopic (exact) mass is 519 g/mol. The first kappa shape index (κ1) is 24.9. The molecule has 2 aliphatic rings. The standard InChI is InChI=1S/C28H27ClFN5O2/c1-17(36)33-26-15-25(29)24(27-16-31-10-11-32-27)12-18(26)2-9-28(37)35-22-7-8-23(35)14-21(13-22)34-20-5-3-19(30)4-6-20/h2-6,9-12,15-16,21-23,34H,7-8,13-14H2,1H3,(H,33,36)/b9-2+. The minimum absolute atomic E-state index is 0.0579. The summed E-state index contributed by atoms with van der Waals surface area (Å²) in [7, 11) is 0. The van der Waals surface area contributed by atoms with Crippen LogP contribution in [0.3, 0.4) is 0 Å². The van der Waals surface area contributed by atoms with Gasteiger partial charge in [-0.05, 0) is 73.7 Å². The number of carbonyl (C=O) groups excluding carboxylic acids is 2. The highest BCUT2D eigenvalue weighted by atomic mass is 35.5. The summed E-state index contributed by atoms with van der Waals surface area (Å²) >= 11 is 6.49. The van der Waals surface area contributed by atoms with Crippen LogP contribution in [0.5, 0.6) is 0 Å². The van der Waals surface area contributed by atoms with Crippen LogP contribution in [0.1, 0.15) is 38.2 Å². The van der Waals surface area contributed by atoms with Gasteiger partial charge in [-0.2, -0.15) is 0 Å². The van der Waals surface area contributed by atoms with Gasteiger partial charge in [0.25, 0.3) is 0 Å². The predicted molar refractivity (Wildman–Crippen MR) is 143 cm³/mol. The third kappa shape index (κ3) is 5.64. The van der Waals surface area contributed by atoms with Gasteiger partial charge in [0.1, 0.15) is 5.82 Å². The van der Waals surface area contributed by atoms with Crippen molar-refractivity contribution >= 4 is 40.9 Å². The van der Waals surface area contributed by atoms with E-state index in [0.717, 1.165) is 31.4 Å². The van der Waals surface area contributed by atoms with Crippen LogP contribution < -0.4 is 10.6 Å². The number of piperidine rings is 1. The second kappa shape index (κ2) is 10.7. The van der Waals surface area contributed by atoms with Crippen LogP contribution in [-0.2, 0) is 9.59 Å². The lowest BCUT2D eigenvalue weighted by Gasteiger charge is -2.39. The second-order valence-electron chi connectivity index (χ2n) is 9.47. The maximum Gasteiger partial charge on any atom is 0.247 e. The van der Waals surface area contributed by atoms with Crippen molar-refractivity contribution < 1.29 is 14.0 Å². The third-order valence-electron chi connectivity index (χ3n) is 6.90. The molecule has 2 unspecified atom stereocenters. The van der Waals surface area contributed by atoms with Crippen molar-refractivity contribution in [3.63, 3.8) is 0 Å². The Labute approximate surface area is 219 Å². The van der Waals surface area contributed by atoms with E-state index in [9.17, 15) is 14.0 Å². The summed E-state index contributed by atoms with van der Waals surface area (Å²) in [6.07, 6.45) is 11.6. The van der Waals surface area contributed by atoms with E-state index in [0.29, 0.717) is 27.5 Å². The summed E-state index contributed by atoms with van der Waals surface area (Å²) in [5.74, 6) is -0.556. The molecule has 190 valence electrons. The minimum atomic E-state index is -0.260. The number of hydrogen-bond donors (Lipinski definition) is 2. The van der Waals surface area contributed by atoms with Crippen molar-refractivity contribution in [2.24, 2.45) is 0 Å². The van der Waals surface area contributed by atoms with Crippen LogP contribution in [-0.4, -0.2) is 44.8 Å². The Morgan fingerprint density at radius 2 is 1.84 bits per heavy atom. The van der Waals surface area contributed by atoms with E-state index in [1.165, 1.54) is 19.1 Å². The molecule has 0 saturated carbocycles. The largest absolute Gasteiger partial charge is 0.382 e. The molecule has 2 N–H and O–H groups in total. The summed E-state index contributed by atoms with van der Waals surface area (Å²) in [6, 6.07) is 10.4. The Morgan fingerprint density at radius 3 is 2.49 bits per heavy atom. The summed E-state index contributed by atoms with van der Waals surface area (Å²) in [6.45, 7) is 1.42. The van der Waals surface area contributed by atoms with E-state index in [4.69, 9.17) is 11.6 Å². The van der Waals surface area contributed by atoms with Crippen molar-refractivity contribution in [1.29, 1.82) is 0 Å². The quantitative estimate of drug-likeness (QED) is 0.417. The van der Waals surface area contributed by atoms with E-state index in [2.05, 4.69) is 20.6 Å². The fraction of sp³-hybridized carbons (Fsp3) is 0.286. The second-order valence-corrected chi connectivity index (χ2v) is 9.88. The van der Waals surface area contributed by atoms with Gasteiger partial charge in [0.05, 0.1) is 16.9 Å². The number of nitrogens with one attached hydrogen (secondary N) is 2. The highest BCUT2D eigenvalue weighted by Gasteiger charge is 2.42. The molecule has 2 saturated heterocycles. The van der Waals surface area contributed by atoms with E-state index < -0.39 is 0 Å². The number of benzene rings is 2. The number of carbonyl (C=O) groups is 2. The van der Waals surface area contributed by atoms with Crippen molar-refractivity contribution in [2.45, 2.75) is 50.7 Å². The Kier molecular flexibility index (Phi) is 7.19. The van der Waals surface area contributed by atoms with E-state index in [-0.39, 0.29) is 35.8 Å². The fourth-order valence-electron chi connectivity index (χ4n) is 5.34. The number of nitrogens with zero attached hydrogens (tertiary/aromatic N) is 3. The van der Waals surface area contributed by atoms with Crippen LogP contribution in [0, 0.1) is 5.82 Å². The number of halogens is 2. The summed E-state index contributed by atoms with van der Waals surface area (Å²) < 4.78 is 13.2. The lowest BCUT2D eigenvalue weighted by Crippen LogP contribution is -2.49. The first-order chi connectivity index (χ1) is 17.9. The lowest BCUT2D eigenvalue weighted by molar-refractivity contribution is -0.130. The molecule has 2 bridgehead atoms. The van der Waals surface area contributed by atoms with Crippen LogP contribution in [0.2, 0.25) is 5.02 Å². The first-order valence-corrected chi connectivity index (χ1v) is 12.6. The molecule has 3 heterocycles. The molecule has 5 rings (SSSR count). The van der Waals surface area contributed by atoms with Gasteiger partial charge in [0.2, 0.25) is 11.8 Å². The molecule has 37 heavy (non-hydrogen) atoms. The molecule has 0 aliphatic carbocycles. The third-order valence-corrected chi connectivity index (χ3v) is 7.21. The molecule has 2 fully saturated rings. The molecular formula is C28H27ClFN5O2. The van der Waals surface area contributed by atoms with Gasteiger partial charge >= 0.3 is 0 Å². The van der Waals surface area contributed by atoms with Crippen molar-refractivity contribution in [3.05, 3.63) is 77.5 Å². The van der Waals surface area contributed by atoms with Gasteiger partial charge in [-0.3, -0.25) is 19.6 Å². The Bertz CT molecular complexity index is 1320. The Balaban J connectivity index is 1.34. The van der Waals surface area contributed by atoms with Crippen molar-refractivity contribution in [1.82, 2.24) is 14.9 Å². The SMILES string of the molecule is CC(=O)Nc1cc(Cl)c(-c2cnccn2)cc1/C=C/C(=O)N1C2CCC1CC(Nc1ccc(F)cc1)C2. The van der Waals surface area contributed by atoms with E-state index >= 15 is 0 Å². The van der Waals surface area contributed by atoms with Gasteiger partial charge in [0.15, 0.2) is 0 Å². The zero-order valence-corrected chi connectivity index (χ0v) is 21.1. The number of anilines is 2. The molecule has 2 amide bonds. The average Bonchev–Trinajstić information content (AvgIpc) is 3.15. The summed E-state index contributed by atoms with van der Waals surface area (Å²) in [5.41, 5.74) is 3.30. The minimum Gasteiger partial charge on any atom is -0.382 e.